The molecule has 1 amide bonds. The maximum atomic E-state index is 14.0. The molecule has 0 bridgehead atoms. The van der Waals surface area contributed by atoms with Gasteiger partial charge in [-0.15, -0.1) is 0 Å². The van der Waals surface area contributed by atoms with Crippen LogP contribution in [0.3, 0.4) is 0 Å². The molecule has 2 aromatic heterocycles. The van der Waals surface area contributed by atoms with E-state index in [1.165, 1.54) is 11.4 Å². The number of nitrogens with zero attached hydrogens (tertiary/aromatic N) is 2. The Morgan fingerprint density at radius 2 is 2.08 bits per heavy atom. The van der Waals surface area contributed by atoms with Gasteiger partial charge in [0.25, 0.3) is 11.5 Å². The first-order valence-corrected chi connectivity index (χ1v) is 7.50. The van der Waals surface area contributed by atoms with Crippen molar-refractivity contribution in [3.8, 4) is 0 Å². The van der Waals surface area contributed by atoms with E-state index in [1.807, 2.05) is 0 Å². The molecule has 0 unspecified atom stereocenters. The molecule has 11 heteroatoms. The Bertz CT molecular complexity index is 852. The molecule has 136 valence electrons. The minimum Gasteiger partial charge on any atom is -0.381 e. The first kappa shape index (κ1) is 17.4. The predicted octanol–water partition coefficient (Wildman–Crippen LogP) is 1.35. The van der Waals surface area contributed by atoms with E-state index in [0.717, 1.165) is 4.52 Å². The van der Waals surface area contributed by atoms with Crippen molar-refractivity contribution >= 4 is 11.6 Å². The first-order valence-electron chi connectivity index (χ1n) is 7.50. The molecule has 3 heterocycles. The zero-order valence-corrected chi connectivity index (χ0v) is 12.8. The highest BCUT2D eigenvalue weighted by atomic mass is 19.4. The van der Waals surface area contributed by atoms with Crippen molar-refractivity contribution in [2.24, 2.45) is 0 Å². The topological polar surface area (TPSA) is 88.5 Å². The molecule has 0 radical (unpaired) electrons. The lowest BCUT2D eigenvalue weighted by atomic mass is 9.97. The van der Waals surface area contributed by atoms with Crippen LogP contribution in [0, 0.1) is 5.95 Å². The van der Waals surface area contributed by atoms with Gasteiger partial charge in [0.2, 0.25) is 5.95 Å². The van der Waals surface area contributed by atoms with Crippen LogP contribution >= 0.6 is 0 Å². The van der Waals surface area contributed by atoms with Crippen LogP contribution in [0.1, 0.15) is 34.8 Å². The van der Waals surface area contributed by atoms with E-state index in [4.69, 9.17) is 4.74 Å². The van der Waals surface area contributed by atoms with Crippen molar-refractivity contribution in [2.75, 3.05) is 19.8 Å². The molecule has 0 aliphatic carbocycles. The van der Waals surface area contributed by atoms with Gasteiger partial charge in [0.05, 0.1) is 0 Å². The van der Waals surface area contributed by atoms with Gasteiger partial charge in [-0.2, -0.15) is 22.5 Å². The maximum Gasteiger partial charge on any atom is 0.405 e. The summed E-state index contributed by atoms with van der Waals surface area (Å²) in [5.74, 6) is -2.83. The molecule has 25 heavy (non-hydrogen) atoms. The second-order valence-corrected chi connectivity index (χ2v) is 5.67. The lowest BCUT2D eigenvalue weighted by Gasteiger charge is -2.20. The monoisotopic (exact) mass is 362 g/mol. The van der Waals surface area contributed by atoms with Gasteiger partial charge >= 0.3 is 6.18 Å². The second kappa shape index (κ2) is 6.47. The third-order valence-corrected chi connectivity index (χ3v) is 3.93. The third-order valence-electron chi connectivity index (χ3n) is 3.93. The average Bonchev–Trinajstić information content (AvgIpc) is 2.97. The van der Waals surface area contributed by atoms with Gasteiger partial charge in [-0.1, -0.05) is 0 Å². The number of hydrogen-bond acceptors (Lipinski definition) is 4. The largest absolute Gasteiger partial charge is 0.405 e. The lowest BCUT2D eigenvalue weighted by Crippen LogP contribution is -2.38. The number of fused-ring (bicyclic) bond motifs is 1. The number of rotatable bonds is 3. The molecule has 3 rings (SSSR count). The van der Waals surface area contributed by atoms with Crippen LogP contribution in [0.15, 0.2) is 10.9 Å². The molecule has 0 saturated carbocycles. The van der Waals surface area contributed by atoms with Gasteiger partial charge in [0, 0.05) is 30.9 Å². The molecular weight excluding hydrogens is 348 g/mol. The molecule has 1 aliphatic rings. The van der Waals surface area contributed by atoms with E-state index in [-0.39, 0.29) is 11.6 Å². The highest BCUT2D eigenvalue weighted by Crippen LogP contribution is 2.26. The fourth-order valence-electron chi connectivity index (χ4n) is 2.69. The van der Waals surface area contributed by atoms with E-state index in [0.29, 0.717) is 31.7 Å². The Morgan fingerprint density at radius 3 is 2.72 bits per heavy atom. The Morgan fingerprint density at radius 1 is 1.40 bits per heavy atom. The second-order valence-electron chi connectivity index (χ2n) is 5.67. The summed E-state index contributed by atoms with van der Waals surface area (Å²) in [7, 11) is 0. The number of nitrogens with one attached hydrogen (secondary N) is 2. The fraction of sp³-hybridized carbons (Fsp3) is 0.500. The van der Waals surface area contributed by atoms with Gasteiger partial charge in [-0.05, 0) is 12.8 Å². The molecule has 0 spiro atoms. The van der Waals surface area contributed by atoms with Crippen LogP contribution in [-0.4, -0.2) is 46.4 Å². The molecule has 2 aromatic rings. The number of alkyl halides is 3. The minimum atomic E-state index is -4.68. The van der Waals surface area contributed by atoms with Crippen LogP contribution in [-0.2, 0) is 4.74 Å². The van der Waals surface area contributed by atoms with Crippen LogP contribution in [0.25, 0.3) is 5.65 Å². The molecular formula is C14H14F4N4O3. The standard InChI is InChI=1S/C14H14F4N4O3/c15-11-10(12(23)19-6-14(16,17)18)13(24)22-9(20-11)5-8(21-22)7-1-3-25-4-2-7/h5,7,21H,1-4,6H2,(H,19,23). The van der Waals surface area contributed by atoms with Crippen molar-refractivity contribution < 1.29 is 27.1 Å². The van der Waals surface area contributed by atoms with Crippen molar-refractivity contribution in [1.29, 1.82) is 0 Å². The summed E-state index contributed by atoms with van der Waals surface area (Å²) in [5.41, 5.74) is -1.58. The number of carbonyl (C=O) groups excluding carboxylic acids is 1. The van der Waals surface area contributed by atoms with Gasteiger partial charge in [-0.3, -0.25) is 14.7 Å². The normalized spacial score (nSPS) is 16.3. The SMILES string of the molecule is O=C(NCC(F)(F)F)c1c(F)nc2cc(C3CCOCC3)[nH]n2c1=O. The Kier molecular flexibility index (Phi) is 4.50. The van der Waals surface area contributed by atoms with Gasteiger partial charge < -0.3 is 10.1 Å². The lowest BCUT2D eigenvalue weighted by molar-refractivity contribution is -0.123. The van der Waals surface area contributed by atoms with E-state index >= 15 is 0 Å². The van der Waals surface area contributed by atoms with Crippen molar-refractivity contribution in [3.05, 3.63) is 33.6 Å². The summed E-state index contributed by atoms with van der Waals surface area (Å²) in [6.07, 6.45) is -3.28. The van der Waals surface area contributed by atoms with Crippen LogP contribution in [0.2, 0.25) is 0 Å². The van der Waals surface area contributed by atoms with Crippen LogP contribution < -0.4 is 10.9 Å². The number of H-pyrrole nitrogens is 1. The van der Waals surface area contributed by atoms with Crippen LogP contribution in [0.4, 0.5) is 17.6 Å². The highest BCUT2D eigenvalue weighted by molar-refractivity contribution is 5.94. The number of hydrogen-bond donors (Lipinski definition) is 2. The zero-order chi connectivity index (χ0) is 18.2. The molecule has 1 aliphatic heterocycles. The summed E-state index contributed by atoms with van der Waals surface area (Å²) in [6, 6.07) is 1.48. The summed E-state index contributed by atoms with van der Waals surface area (Å²) in [4.78, 5) is 27.6. The Labute approximate surface area is 138 Å². The number of carbonyl (C=O) groups is 1. The third kappa shape index (κ3) is 3.65. The van der Waals surface area contributed by atoms with E-state index in [2.05, 4.69) is 10.1 Å². The number of halogens is 4. The minimum absolute atomic E-state index is 0.0450. The van der Waals surface area contributed by atoms with Crippen LogP contribution in [0.5, 0.6) is 0 Å². The number of aromatic nitrogens is 3. The number of amides is 1. The highest BCUT2D eigenvalue weighted by Gasteiger charge is 2.30. The first-order chi connectivity index (χ1) is 11.8. The van der Waals surface area contributed by atoms with E-state index in [9.17, 15) is 27.2 Å². The Balaban J connectivity index is 1.95. The van der Waals surface area contributed by atoms with E-state index < -0.39 is 35.7 Å². The molecule has 1 fully saturated rings. The van der Waals surface area contributed by atoms with Crippen molar-refractivity contribution in [1.82, 2.24) is 19.9 Å². The zero-order valence-electron chi connectivity index (χ0n) is 12.8. The maximum absolute atomic E-state index is 14.0. The predicted molar refractivity (Wildman–Crippen MR) is 77.0 cm³/mol. The fourth-order valence-corrected chi connectivity index (χ4v) is 2.69. The van der Waals surface area contributed by atoms with Gasteiger partial charge in [0.15, 0.2) is 11.2 Å². The number of aromatic amines is 1. The quantitative estimate of drug-likeness (QED) is 0.637. The summed E-state index contributed by atoms with van der Waals surface area (Å²) >= 11 is 0. The summed E-state index contributed by atoms with van der Waals surface area (Å²) in [5, 5.41) is 4.21. The van der Waals surface area contributed by atoms with Gasteiger partial charge in [0.1, 0.15) is 6.54 Å². The summed E-state index contributed by atoms with van der Waals surface area (Å²) < 4.78 is 56.6. The Hall–Kier alpha value is -2.43. The molecule has 1 saturated heterocycles. The van der Waals surface area contributed by atoms with Crippen molar-refractivity contribution in [3.63, 3.8) is 0 Å². The molecule has 2 N–H and O–H groups in total. The smallest absolute Gasteiger partial charge is 0.381 e. The van der Waals surface area contributed by atoms with Crippen molar-refractivity contribution in [2.45, 2.75) is 24.9 Å². The average molecular weight is 362 g/mol. The van der Waals surface area contributed by atoms with Gasteiger partial charge in [-0.25, -0.2) is 4.52 Å². The molecule has 7 nitrogen and oxygen atoms in total. The summed E-state index contributed by atoms with van der Waals surface area (Å²) in [6.45, 7) is -0.588. The molecule has 0 aromatic carbocycles. The number of ether oxygens (including phenoxy) is 1. The molecule has 0 atom stereocenters. The van der Waals surface area contributed by atoms with E-state index in [1.54, 1.807) is 0 Å².